The van der Waals surface area contributed by atoms with Crippen molar-refractivity contribution in [1.82, 2.24) is 14.9 Å². The van der Waals surface area contributed by atoms with Crippen LogP contribution in [0.1, 0.15) is 49.5 Å². The zero-order valence-corrected chi connectivity index (χ0v) is 10.9. The van der Waals surface area contributed by atoms with E-state index in [2.05, 4.69) is 28.0 Å². The maximum atomic E-state index is 9.33. The minimum Gasteiger partial charge on any atom is -0.344 e. The highest BCUT2D eigenvalue weighted by atomic mass is 15.1. The van der Waals surface area contributed by atoms with Gasteiger partial charge < -0.3 is 9.88 Å². The minimum absolute atomic E-state index is 0.307. The molecule has 2 fully saturated rings. The highest BCUT2D eigenvalue weighted by molar-refractivity contribution is 5.27. The van der Waals surface area contributed by atoms with Crippen LogP contribution in [-0.4, -0.2) is 35.0 Å². The normalized spacial score (nSPS) is 27.4. The summed E-state index contributed by atoms with van der Waals surface area (Å²) in [4.78, 5) is 10.3. The van der Waals surface area contributed by atoms with Gasteiger partial charge in [-0.3, -0.25) is 0 Å². The van der Waals surface area contributed by atoms with Gasteiger partial charge in [-0.15, -0.1) is 0 Å². The summed E-state index contributed by atoms with van der Waals surface area (Å²) in [6.07, 6.45) is 7.50. The molecule has 0 bridgehead atoms. The fourth-order valence-corrected chi connectivity index (χ4v) is 3.14. The van der Waals surface area contributed by atoms with Crippen molar-refractivity contribution in [1.29, 1.82) is 5.26 Å². The SMILES string of the molecule is CN1CCCC(c2cnc(C3(C#N)CCC3)[nH]2)C1. The molecule has 1 aromatic heterocycles. The van der Waals surface area contributed by atoms with Crippen LogP contribution in [0.2, 0.25) is 0 Å². The maximum Gasteiger partial charge on any atom is 0.126 e. The van der Waals surface area contributed by atoms with Gasteiger partial charge in [0.2, 0.25) is 0 Å². The summed E-state index contributed by atoms with van der Waals surface area (Å²) in [6, 6.07) is 2.45. The third-order valence-electron chi connectivity index (χ3n) is 4.53. The van der Waals surface area contributed by atoms with E-state index < -0.39 is 0 Å². The number of nitriles is 1. The molecular weight excluding hydrogens is 224 g/mol. The van der Waals surface area contributed by atoms with Crippen LogP contribution in [0.15, 0.2) is 6.20 Å². The Morgan fingerprint density at radius 3 is 2.94 bits per heavy atom. The number of piperidine rings is 1. The molecular formula is C14H20N4. The molecule has 1 unspecified atom stereocenters. The van der Waals surface area contributed by atoms with Crippen molar-refractivity contribution in [3.63, 3.8) is 0 Å². The lowest BCUT2D eigenvalue weighted by Crippen LogP contribution is -2.34. The second kappa shape index (κ2) is 4.40. The van der Waals surface area contributed by atoms with Gasteiger partial charge in [0.1, 0.15) is 11.2 Å². The van der Waals surface area contributed by atoms with Gasteiger partial charge in [0.05, 0.1) is 6.07 Å². The molecule has 1 N–H and O–H groups in total. The summed E-state index contributed by atoms with van der Waals surface area (Å²) in [5.41, 5.74) is 0.914. The Labute approximate surface area is 108 Å². The molecule has 1 saturated heterocycles. The second-order valence-corrected chi connectivity index (χ2v) is 5.84. The van der Waals surface area contributed by atoms with E-state index in [9.17, 15) is 5.26 Å². The van der Waals surface area contributed by atoms with E-state index >= 15 is 0 Å². The van der Waals surface area contributed by atoms with E-state index in [-0.39, 0.29) is 5.41 Å². The number of likely N-dealkylation sites (tertiary alicyclic amines) is 1. The Morgan fingerprint density at radius 1 is 1.50 bits per heavy atom. The van der Waals surface area contributed by atoms with Gasteiger partial charge in [-0.05, 0) is 45.7 Å². The van der Waals surface area contributed by atoms with Gasteiger partial charge in [0.15, 0.2) is 0 Å². The number of imidazole rings is 1. The van der Waals surface area contributed by atoms with Gasteiger partial charge in [-0.25, -0.2) is 4.98 Å². The fraction of sp³-hybridized carbons (Fsp3) is 0.714. The Bertz CT molecular complexity index is 466. The Balaban J connectivity index is 1.79. The Hall–Kier alpha value is -1.34. The molecule has 2 aliphatic rings. The summed E-state index contributed by atoms with van der Waals surface area (Å²) < 4.78 is 0. The van der Waals surface area contributed by atoms with Gasteiger partial charge in [0, 0.05) is 24.4 Å². The zero-order chi connectivity index (χ0) is 12.6. The third-order valence-corrected chi connectivity index (χ3v) is 4.53. The number of H-pyrrole nitrogens is 1. The van der Waals surface area contributed by atoms with E-state index in [0.717, 1.165) is 31.6 Å². The smallest absolute Gasteiger partial charge is 0.126 e. The number of aromatic nitrogens is 2. The fourth-order valence-electron chi connectivity index (χ4n) is 3.14. The van der Waals surface area contributed by atoms with Crippen LogP contribution in [0, 0.1) is 11.3 Å². The number of nitrogens with one attached hydrogen (secondary N) is 1. The van der Waals surface area contributed by atoms with Crippen molar-refractivity contribution in [3.05, 3.63) is 17.7 Å². The van der Waals surface area contributed by atoms with Gasteiger partial charge >= 0.3 is 0 Å². The topological polar surface area (TPSA) is 55.7 Å². The van der Waals surface area contributed by atoms with Crippen LogP contribution in [0.25, 0.3) is 0 Å². The Kier molecular flexibility index (Phi) is 2.87. The maximum absolute atomic E-state index is 9.33. The molecule has 4 nitrogen and oxygen atoms in total. The summed E-state index contributed by atoms with van der Waals surface area (Å²) in [7, 11) is 2.17. The van der Waals surface area contributed by atoms with Crippen molar-refractivity contribution in [2.45, 2.75) is 43.4 Å². The standard InChI is InChI=1S/C14H20N4/c1-18-7-2-4-11(9-18)12-8-16-13(17-12)14(10-15)5-3-6-14/h8,11H,2-7,9H2,1H3,(H,16,17). The molecule has 1 aromatic rings. The lowest BCUT2D eigenvalue weighted by atomic mass is 9.69. The molecule has 1 saturated carbocycles. The molecule has 1 aliphatic heterocycles. The first-order chi connectivity index (χ1) is 8.73. The van der Waals surface area contributed by atoms with E-state index in [1.165, 1.54) is 25.1 Å². The van der Waals surface area contributed by atoms with Crippen molar-refractivity contribution in [2.75, 3.05) is 20.1 Å². The van der Waals surface area contributed by atoms with Crippen LogP contribution in [0.3, 0.4) is 0 Å². The summed E-state index contributed by atoms with van der Waals surface area (Å²) >= 11 is 0. The monoisotopic (exact) mass is 244 g/mol. The van der Waals surface area contributed by atoms with Gasteiger partial charge in [0.25, 0.3) is 0 Å². The molecule has 0 amide bonds. The van der Waals surface area contributed by atoms with Gasteiger partial charge in [-0.2, -0.15) is 5.26 Å². The zero-order valence-electron chi connectivity index (χ0n) is 10.9. The van der Waals surface area contributed by atoms with Crippen molar-refractivity contribution in [2.24, 2.45) is 0 Å². The second-order valence-electron chi connectivity index (χ2n) is 5.84. The van der Waals surface area contributed by atoms with Crippen molar-refractivity contribution >= 4 is 0 Å². The van der Waals surface area contributed by atoms with Crippen LogP contribution in [0.4, 0.5) is 0 Å². The number of nitrogens with zero attached hydrogens (tertiary/aromatic N) is 3. The average molecular weight is 244 g/mol. The lowest BCUT2D eigenvalue weighted by molar-refractivity contribution is 0.248. The van der Waals surface area contributed by atoms with Gasteiger partial charge in [-0.1, -0.05) is 0 Å². The van der Waals surface area contributed by atoms with Crippen LogP contribution in [0.5, 0.6) is 0 Å². The predicted molar refractivity (Wildman–Crippen MR) is 69.2 cm³/mol. The summed E-state index contributed by atoms with van der Waals surface area (Å²) in [5.74, 6) is 1.46. The number of rotatable bonds is 2. The number of likely N-dealkylation sites (N-methyl/N-ethyl adjacent to an activating group) is 1. The van der Waals surface area contributed by atoms with E-state index in [1.807, 2.05) is 6.20 Å². The highest BCUT2D eigenvalue weighted by Gasteiger charge is 2.42. The molecule has 0 spiro atoms. The molecule has 1 aliphatic carbocycles. The average Bonchev–Trinajstić information content (AvgIpc) is 2.78. The summed E-state index contributed by atoms with van der Waals surface area (Å²) in [5, 5.41) is 9.33. The molecule has 0 aromatic carbocycles. The van der Waals surface area contributed by atoms with Crippen LogP contribution in [-0.2, 0) is 5.41 Å². The molecule has 18 heavy (non-hydrogen) atoms. The first-order valence-corrected chi connectivity index (χ1v) is 6.89. The van der Waals surface area contributed by atoms with E-state index in [1.54, 1.807) is 0 Å². The van der Waals surface area contributed by atoms with Crippen molar-refractivity contribution < 1.29 is 0 Å². The molecule has 1 atom stereocenters. The molecule has 0 radical (unpaired) electrons. The molecule has 3 rings (SSSR count). The number of hydrogen-bond donors (Lipinski definition) is 1. The van der Waals surface area contributed by atoms with Crippen LogP contribution < -0.4 is 0 Å². The highest BCUT2D eigenvalue weighted by Crippen LogP contribution is 2.42. The van der Waals surface area contributed by atoms with E-state index in [4.69, 9.17) is 0 Å². The van der Waals surface area contributed by atoms with Crippen LogP contribution >= 0.6 is 0 Å². The molecule has 2 heterocycles. The number of aromatic amines is 1. The third kappa shape index (κ3) is 1.83. The molecule has 96 valence electrons. The minimum atomic E-state index is -0.307. The largest absolute Gasteiger partial charge is 0.344 e. The summed E-state index contributed by atoms with van der Waals surface area (Å²) in [6.45, 7) is 2.29. The first-order valence-electron chi connectivity index (χ1n) is 6.89. The lowest BCUT2D eigenvalue weighted by Gasteiger charge is -2.33. The predicted octanol–water partition coefficient (Wildman–Crippen LogP) is 2.16. The molecule has 4 heteroatoms. The Morgan fingerprint density at radius 2 is 2.33 bits per heavy atom. The quantitative estimate of drug-likeness (QED) is 0.867. The van der Waals surface area contributed by atoms with E-state index in [0.29, 0.717) is 5.92 Å². The first kappa shape index (κ1) is 11.7. The number of hydrogen-bond acceptors (Lipinski definition) is 3. The van der Waals surface area contributed by atoms with Crippen molar-refractivity contribution in [3.8, 4) is 6.07 Å².